The normalized spacial score (nSPS) is 18.0. The Morgan fingerprint density at radius 1 is 0.760 bits per heavy atom. The highest BCUT2D eigenvalue weighted by molar-refractivity contribution is 7.83. The molecule has 0 aliphatic heterocycles. The lowest BCUT2D eigenvalue weighted by atomic mass is 9.66. The Hall–Kier alpha value is -0.660. The van der Waals surface area contributed by atoms with Gasteiger partial charge < -0.3 is 30.6 Å². The Kier molecular flexibility index (Phi) is 9.62. The van der Waals surface area contributed by atoms with Crippen LogP contribution in [-0.2, 0) is 14.4 Å². The Morgan fingerprint density at radius 3 is 1.32 bits per heavy atom. The number of carboxylic acid groups (broad SMARTS) is 3. The van der Waals surface area contributed by atoms with Gasteiger partial charge in [0.1, 0.15) is 5.41 Å². The molecular formula is C13H22O9S3. The van der Waals surface area contributed by atoms with Crippen LogP contribution in [0.3, 0.4) is 0 Å². The quantitative estimate of drug-likeness (QED) is 0.178. The average Bonchev–Trinajstić information content (AvgIpc) is 2.48. The van der Waals surface area contributed by atoms with Crippen molar-refractivity contribution >= 4 is 55.8 Å². The van der Waals surface area contributed by atoms with Gasteiger partial charge in [-0.25, -0.2) is 0 Å². The average molecular weight is 419 g/mol. The Bertz CT molecular complexity index is 473. The number of aliphatic hydroxyl groups excluding tert-OH is 3. The second kappa shape index (κ2) is 9.88. The fourth-order valence-electron chi connectivity index (χ4n) is 2.58. The van der Waals surface area contributed by atoms with Crippen LogP contribution in [0.15, 0.2) is 0 Å². The molecule has 6 N–H and O–H groups in total. The van der Waals surface area contributed by atoms with Crippen LogP contribution >= 0.6 is 37.9 Å². The zero-order valence-corrected chi connectivity index (χ0v) is 15.7. The van der Waals surface area contributed by atoms with E-state index in [-0.39, 0.29) is 0 Å². The first-order valence-electron chi connectivity index (χ1n) is 7.00. The van der Waals surface area contributed by atoms with E-state index in [1.807, 2.05) is 0 Å². The molecule has 0 fully saturated rings. The Morgan fingerprint density at radius 2 is 1.12 bits per heavy atom. The van der Waals surface area contributed by atoms with E-state index in [9.17, 15) is 34.8 Å². The molecule has 0 rings (SSSR count). The van der Waals surface area contributed by atoms with Gasteiger partial charge in [-0.3, -0.25) is 14.4 Å². The monoisotopic (exact) mass is 418 g/mol. The van der Waals surface area contributed by atoms with Gasteiger partial charge in [0.2, 0.25) is 0 Å². The SMILES string of the molecule is O=C(O)CC(S)C(CO)(C(S)CC(=O)O)C(S)C(CO)(CO)C(=O)O. The van der Waals surface area contributed by atoms with Gasteiger partial charge in [-0.05, 0) is 0 Å². The predicted octanol–water partition coefficient (Wildman–Crippen LogP) is -1.13. The van der Waals surface area contributed by atoms with E-state index in [0.29, 0.717) is 0 Å². The van der Waals surface area contributed by atoms with Gasteiger partial charge in [0.05, 0.1) is 32.7 Å². The van der Waals surface area contributed by atoms with Crippen molar-refractivity contribution in [1.29, 1.82) is 0 Å². The molecule has 0 spiro atoms. The van der Waals surface area contributed by atoms with Gasteiger partial charge in [-0.2, -0.15) is 37.9 Å². The minimum Gasteiger partial charge on any atom is -0.481 e. The number of carboxylic acids is 3. The molecule has 3 unspecified atom stereocenters. The number of aliphatic carboxylic acids is 3. The lowest BCUT2D eigenvalue weighted by Crippen LogP contribution is -2.61. The van der Waals surface area contributed by atoms with Gasteiger partial charge >= 0.3 is 17.9 Å². The third-order valence-electron chi connectivity index (χ3n) is 4.27. The fraction of sp³-hybridized carbons (Fsp3) is 0.769. The molecule has 12 heteroatoms. The van der Waals surface area contributed by atoms with E-state index in [4.69, 9.17) is 10.2 Å². The minimum absolute atomic E-state index is 0.663. The zero-order chi connectivity index (χ0) is 20.0. The van der Waals surface area contributed by atoms with Crippen molar-refractivity contribution in [3.05, 3.63) is 0 Å². The van der Waals surface area contributed by atoms with Crippen LogP contribution < -0.4 is 0 Å². The summed E-state index contributed by atoms with van der Waals surface area (Å²) in [6.07, 6.45) is -1.33. The Balaban J connectivity index is 6.37. The van der Waals surface area contributed by atoms with E-state index in [1.165, 1.54) is 0 Å². The first-order chi connectivity index (χ1) is 11.5. The first-order valence-corrected chi connectivity index (χ1v) is 8.54. The van der Waals surface area contributed by atoms with Crippen molar-refractivity contribution in [2.45, 2.75) is 28.6 Å². The van der Waals surface area contributed by atoms with Crippen molar-refractivity contribution in [3.8, 4) is 0 Å². The van der Waals surface area contributed by atoms with Crippen molar-refractivity contribution in [1.82, 2.24) is 0 Å². The van der Waals surface area contributed by atoms with Gasteiger partial charge in [0, 0.05) is 21.2 Å². The molecule has 9 nitrogen and oxygen atoms in total. The van der Waals surface area contributed by atoms with Crippen molar-refractivity contribution in [2.24, 2.45) is 10.8 Å². The maximum atomic E-state index is 11.6. The van der Waals surface area contributed by atoms with E-state index in [0.717, 1.165) is 0 Å². The summed E-state index contributed by atoms with van der Waals surface area (Å²) in [6.45, 7) is -3.09. The fourth-order valence-corrected chi connectivity index (χ4v) is 4.79. The standard InChI is InChI=1S/C13H22O9S3/c14-3-12(4-15,11(21)22)10(25)13(5-16,6(23)1-8(17)18)7(24)2-9(19)20/h6-7,10,14-16,23-25H,1-5H2,(H,17,18)(H,19,20)(H,21,22). The highest BCUT2D eigenvalue weighted by Gasteiger charge is 2.58. The first kappa shape index (κ1) is 24.3. The van der Waals surface area contributed by atoms with Crippen molar-refractivity contribution in [2.75, 3.05) is 19.8 Å². The lowest BCUT2D eigenvalue weighted by molar-refractivity contribution is -0.157. The summed E-state index contributed by atoms with van der Waals surface area (Å²) in [7, 11) is 0. The summed E-state index contributed by atoms with van der Waals surface area (Å²) in [4.78, 5) is 33.7. The van der Waals surface area contributed by atoms with E-state index in [2.05, 4.69) is 37.9 Å². The van der Waals surface area contributed by atoms with Gasteiger partial charge in [-0.1, -0.05) is 0 Å². The largest absolute Gasteiger partial charge is 0.481 e. The Labute approximate surface area is 160 Å². The molecular weight excluding hydrogens is 396 g/mol. The molecule has 0 aliphatic carbocycles. The summed E-state index contributed by atoms with van der Waals surface area (Å²) in [5.74, 6) is -4.31. The van der Waals surface area contributed by atoms with Crippen LogP contribution in [0, 0.1) is 10.8 Å². The molecule has 3 atom stereocenters. The molecule has 0 radical (unpaired) electrons. The number of carbonyl (C=O) groups is 3. The summed E-state index contributed by atoms with van der Waals surface area (Å²) < 4.78 is 0. The van der Waals surface area contributed by atoms with Gasteiger partial charge in [-0.15, -0.1) is 0 Å². The van der Waals surface area contributed by atoms with Crippen LogP contribution in [0.2, 0.25) is 0 Å². The summed E-state index contributed by atoms with van der Waals surface area (Å²) in [6, 6.07) is 0. The van der Waals surface area contributed by atoms with E-state index in [1.54, 1.807) is 0 Å². The van der Waals surface area contributed by atoms with E-state index < -0.39 is 77.2 Å². The van der Waals surface area contributed by atoms with Crippen molar-refractivity contribution in [3.63, 3.8) is 0 Å². The van der Waals surface area contributed by atoms with Crippen LogP contribution in [0.1, 0.15) is 12.8 Å². The molecule has 0 aliphatic rings. The molecule has 0 heterocycles. The zero-order valence-electron chi connectivity index (χ0n) is 13.0. The number of rotatable bonds is 12. The maximum absolute atomic E-state index is 11.6. The highest BCUT2D eigenvalue weighted by atomic mass is 32.1. The third-order valence-corrected chi connectivity index (χ3v) is 6.57. The predicted molar refractivity (Wildman–Crippen MR) is 96.6 cm³/mol. The second-order valence-electron chi connectivity index (χ2n) is 5.68. The maximum Gasteiger partial charge on any atom is 0.315 e. The second-order valence-corrected chi connectivity index (χ2v) is 7.44. The van der Waals surface area contributed by atoms with Crippen LogP contribution in [0.25, 0.3) is 0 Å². The lowest BCUT2D eigenvalue weighted by Gasteiger charge is -2.49. The number of hydrogen-bond donors (Lipinski definition) is 9. The third kappa shape index (κ3) is 4.95. The minimum atomic E-state index is -2.29. The summed E-state index contributed by atoms with van der Waals surface area (Å²) in [5, 5.41) is 52.4. The number of hydrogen-bond acceptors (Lipinski definition) is 9. The molecule has 0 bridgehead atoms. The molecule has 0 saturated heterocycles. The van der Waals surface area contributed by atoms with E-state index >= 15 is 0 Å². The summed E-state index contributed by atoms with van der Waals surface area (Å²) >= 11 is 12.4. The van der Waals surface area contributed by atoms with Crippen LogP contribution in [0.5, 0.6) is 0 Å². The topological polar surface area (TPSA) is 173 Å². The summed E-state index contributed by atoms with van der Waals surface area (Å²) in [5.41, 5.74) is -4.15. The molecule has 0 aromatic rings. The van der Waals surface area contributed by atoms with Gasteiger partial charge in [0.15, 0.2) is 0 Å². The molecule has 25 heavy (non-hydrogen) atoms. The van der Waals surface area contributed by atoms with Crippen LogP contribution in [0.4, 0.5) is 0 Å². The van der Waals surface area contributed by atoms with Gasteiger partial charge in [0.25, 0.3) is 0 Å². The smallest absolute Gasteiger partial charge is 0.315 e. The highest BCUT2D eigenvalue weighted by Crippen LogP contribution is 2.49. The number of aliphatic hydroxyl groups is 3. The molecule has 146 valence electrons. The molecule has 0 saturated carbocycles. The van der Waals surface area contributed by atoms with Crippen molar-refractivity contribution < 1.29 is 45.0 Å². The molecule has 0 amide bonds. The molecule has 0 aromatic heterocycles. The van der Waals surface area contributed by atoms with Crippen LogP contribution in [-0.4, -0.2) is 84.1 Å². The molecule has 0 aromatic carbocycles. The number of thiol groups is 3.